The van der Waals surface area contributed by atoms with Gasteiger partial charge in [0.1, 0.15) is 18.3 Å². The molecule has 5 nitrogen and oxygen atoms in total. The van der Waals surface area contributed by atoms with Gasteiger partial charge < -0.3 is 24.1 Å². The lowest BCUT2D eigenvalue weighted by Crippen LogP contribution is -2.39. The van der Waals surface area contributed by atoms with Crippen molar-refractivity contribution >= 4 is 0 Å². The molecule has 1 N–H and O–H groups in total. The average molecular weight is 310 g/mol. The molecule has 0 radical (unpaired) electrons. The molecule has 3 fully saturated rings. The molecule has 3 rings (SSSR count). The van der Waals surface area contributed by atoms with Crippen LogP contribution in [-0.2, 0) is 18.9 Å². The van der Waals surface area contributed by atoms with Crippen LogP contribution in [0, 0.1) is 0 Å². The largest absolute Gasteiger partial charge is 0.505 e. The van der Waals surface area contributed by atoms with Crippen LogP contribution >= 0.6 is 0 Å². The fourth-order valence-corrected chi connectivity index (χ4v) is 3.62. The van der Waals surface area contributed by atoms with Gasteiger partial charge in [0, 0.05) is 12.8 Å². The van der Waals surface area contributed by atoms with E-state index in [2.05, 4.69) is 6.58 Å². The highest BCUT2D eigenvalue weighted by molar-refractivity contribution is 5.19. The van der Waals surface area contributed by atoms with Crippen LogP contribution in [0.3, 0.4) is 0 Å². The molecular formula is C17H26O5. The summed E-state index contributed by atoms with van der Waals surface area (Å²) in [5.74, 6) is -0.443. The van der Waals surface area contributed by atoms with E-state index in [1.807, 2.05) is 6.08 Å². The molecule has 3 aliphatic rings. The van der Waals surface area contributed by atoms with Gasteiger partial charge in [0.15, 0.2) is 5.79 Å². The minimum absolute atomic E-state index is 0.196. The van der Waals surface area contributed by atoms with Crippen LogP contribution in [0.15, 0.2) is 24.5 Å². The molecule has 124 valence electrons. The molecule has 0 unspecified atom stereocenters. The molecule has 1 aliphatic carbocycles. The Bertz CT molecular complexity index is 427. The van der Waals surface area contributed by atoms with Crippen LogP contribution < -0.4 is 0 Å². The zero-order valence-corrected chi connectivity index (χ0v) is 13.2. The summed E-state index contributed by atoms with van der Waals surface area (Å²) in [6.07, 6.45) is 8.01. The Morgan fingerprint density at radius 1 is 1.36 bits per heavy atom. The van der Waals surface area contributed by atoms with Gasteiger partial charge in [-0.2, -0.15) is 0 Å². The van der Waals surface area contributed by atoms with Gasteiger partial charge in [-0.3, -0.25) is 0 Å². The fourth-order valence-electron chi connectivity index (χ4n) is 3.62. The highest BCUT2D eigenvalue weighted by Gasteiger charge is 2.50. The van der Waals surface area contributed by atoms with E-state index < -0.39 is 18.0 Å². The lowest BCUT2D eigenvalue weighted by atomic mass is 9.94. The van der Waals surface area contributed by atoms with Crippen molar-refractivity contribution < 1.29 is 24.1 Å². The van der Waals surface area contributed by atoms with Crippen LogP contribution in [0.4, 0.5) is 0 Å². The topological polar surface area (TPSA) is 57.2 Å². The highest BCUT2D eigenvalue weighted by Crippen LogP contribution is 2.41. The van der Waals surface area contributed by atoms with Gasteiger partial charge in [-0.25, -0.2) is 0 Å². The Balaban J connectivity index is 1.60. The molecule has 0 aromatic heterocycles. The van der Waals surface area contributed by atoms with Gasteiger partial charge in [0.05, 0.1) is 26.1 Å². The van der Waals surface area contributed by atoms with Crippen molar-refractivity contribution in [3.8, 4) is 0 Å². The molecule has 22 heavy (non-hydrogen) atoms. The third-order valence-corrected chi connectivity index (χ3v) is 4.87. The SMILES string of the molecule is C=C1[C@H](C/C=C/OC)O[C@@H]([C@H]2COC3(CCCCC3)O2)[C@H]1O. The summed E-state index contributed by atoms with van der Waals surface area (Å²) in [6, 6.07) is 0. The maximum absolute atomic E-state index is 10.4. The second-order valence-corrected chi connectivity index (χ2v) is 6.39. The summed E-state index contributed by atoms with van der Waals surface area (Å²) >= 11 is 0. The van der Waals surface area contributed by atoms with Crippen LogP contribution in [0.5, 0.6) is 0 Å². The molecule has 0 bridgehead atoms. The van der Waals surface area contributed by atoms with E-state index in [0.29, 0.717) is 18.6 Å². The third kappa shape index (κ3) is 3.08. The van der Waals surface area contributed by atoms with Gasteiger partial charge in [-0.05, 0) is 30.9 Å². The smallest absolute Gasteiger partial charge is 0.169 e. The highest BCUT2D eigenvalue weighted by atomic mass is 16.8. The van der Waals surface area contributed by atoms with Crippen LogP contribution in [0.2, 0.25) is 0 Å². The minimum Gasteiger partial charge on any atom is -0.505 e. The molecule has 1 spiro atoms. The number of hydrogen-bond donors (Lipinski definition) is 1. The molecule has 4 atom stereocenters. The maximum Gasteiger partial charge on any atom is 0.169 e. The predicted molar refractivity (Wildman–Crippen MR) is 81.2 cm³/mol. The van der Waals surface area contributed by atoms with Crippen LogP contribution in [-0.4, -0.2) is 49.0 Å². The summed E-state index contributed by atoms with van der Waals surface area (Å²) in [7, 11) is 1.60. The number of rotatable bonds is 4. The monoisotopic (exact) mass is 310 g/mol. The van der Waals surface area contributed by atoms with E-state index in [4.69, 9.17) is 18.9 Å². The molecule has 1 saturated carbocycles. The van der Waals surface area contributed by atoms with Crippen molar-refractivity contribution in [2.24, 2.45) is 0 Å². The van der Waals surface area contributed by atoms with E-state index in [1.165, 1.54) is 6.42 Å². The normalized spacial score (nSPS) is 38.2. The first-order valence-corrected chi connectivity index (χ1v) is 8.17. The molecule has 0 aromatic rings. The lowest BCUT2D eigenvalue weighted by molar-refractivity contribution is -0.201. The second kappa shape index (κ2) is 6.71. The first kappa shape index (κ1) is 16.0. The van der Waals surface area contributed by atoms with Crippen molar-refractivity contribution in [2.45, 2.75) is 68.7 Å². The van der Waals surface area contributed by atoms with Gasteiger partial charge >= 0.3 is 0 Å². The van der Waals surface area contributed by atoms with Gasteiger partial charge in [0.2, 0.25) is 0 Å². The summed E-state index contributed by atoms with van der Waals surface area (Å²) in [5, 5.41) is 10.4. The fraction of sp³-hybridized carbons (Fsp3) is 0.765. The second-order valence-electron chi connectivity index (χ2n) is 6.39. The first-order chi connectivity index (χ1) is 10.7. The van der Waals surface area contributed by atoms with Crippen LogP contribution in [0.25, 0.3) is 0 Å². The maximum atomic E-state index is 10.4. The van der Waals surface area contributed by atoms with Crippen molar-refractivity contribution in [3.63, 3.8) is 0 Å². The van der Waals surface area contributed by atoms with Crippen molar-refractivity contribution in [3.05, 3.63) is 24.5 Å². The van der Waals surface area contributed by atoms with E-state index in [1.54, 1.807) is 13.4 Å². The number of ether oxygens (including phenoxy) is 4. The van der Waals surface area contributed by atoms with Gasteiger partial charge in [-0.15, -0.1) is 0 Å². The van der Waals surface area contributed by atoms with Crippen molar-refractivity contribution in [2.75, 3.05) is 13.7 Å². The third-order valence-electron chi connectivity index (χ3n) is 4.87. The minimum atomic E-state index is -0.701. The molecule has 2 saturated heterocycles. The molecule has 0 aromatic carbocycles. The van der Waals surface area contributed by atoms with Crippen molar-refractivity contribution in [1.82, 2.24) is 0 Å². The van der Waals surface area contributed by atoms with E-state index in [0.717, 1.165) is 25.7 Å². The molecule has 2 aliphatic heterocycles. The number of hydrogen-bond acceptors (Lipinski definition) is 5. The average Bonchev–Trinajstić information content (AvgIpc) is 3.05. The standard InChI is InChI=1S/C17H26O5/c1-12-13(7-6-10-19-2)21-16(15(12)18)14-11-20-17(22-14)8-4-3-5-9-17/h6,10,13-16,18H,1,3-5,7-9,11H2,2H3/b10-6+/t13-,14+,15-,16-/m0/s1. The Labute approximate surface area is 131 Å². The molecule has 5 heteroatoms. The number of aliphatic hydroxyl groups is 1. The molecular weight excluding hydrogens is 284 g/mol. The summed E-state index contributed by atoms with van der Waals surface area (Å²) in [5.41, 5.74) is 0.707. The van der Waals surface area contributed by atoms with Crippen LogP contribution in [0.1, 0.15) is 38.5 Å². The quantitative estimate of drug-likeness (QED) is 0.638. The van der Waals surface area contributed by atoms with E-state index in [-0.39, 0.29) is 12.2 Å². The lowest BCUT2D eigenvalue weighted by Gasteiger charge is -2.32. The Morgan fingerprint density at radius 3 is 2.86 bits per heavy atom. The zero-order chi connectivity index (χ0) is 15.6. The predicted octanol–water partition coefficient (Wildman–Crippen LogP) is 2.30. The van der Waals surface area contributed by atoms with Gasteiger partial charge in [-0.1, -0.05) is 13.0 Å². The Kier molecular flexibility index (Phi) is 4.88. The Hall–Kier alpha value is -0.880. The summed E-state index contributed by atoms with van der Waals surface area (Å²) < 4.78 is 23.0. The summed E-state index contributed by atoms with van der Waals surface area (Å²) in [6.45, 7) is 4.46. The van der Waals surface area contributed by atoms with Crippen molar-refractivity contribution in [1.29, 1.82) is 0 Å². The first-order valence-electron chi connectivity index (χ1n) is 8.17. The molecule has 0 amide bonds. The number of methoxy groups -OCH3 is 1. The number of aliphatic hydroxyl groups excluding tert-OH is 1. The van der Waals surface area contributed by atoms with Gasteiger partial charge in [0.25, 0.3) is 0 Å². The Morgan fingerprint density at radius 2 is 2.14 bits per heavy atom. The van der Waals surface area contributed by atoms with E-state index >= 15 is 0 Å². The van der Waals surface area contributed by atoms with E-state index in [9.17, 15) is 5.11 Å². The molecule has 2 heterocycles. The summed E-state index contributed by atoms with van der Waals surface area (Å²) in [4.78, 5) is 0. The zero-order valence-electron chi connectivity index (χ0n) is 13.2.